The van der Waals surface area contributed by atoms with Crippen LogP contribution >= 0.6 is 27.5 Å². The van der Waals surface area contributed by atoms with Crippen molar-refractivity contribution in [3.63, 3.8) is 0 Å². The number of nitrogens with zero attached hydrogens (tertiary/aromatic N) is 1. The molecule has 0 bridgehead atoms. The van der Waals surface area contributed by atoms with Gasteiger partial charge in [0.1, 0.15) is 0 Å². The van der Waals surface area contributed by atoms with Crippen LogP contribution in [0.3, 0.4) is 0 Å². The van der Waals surface area contributed by atoms with Gasteiger partial charge in [0.15, 0.2) is 5.78 Å². The van der Waals surface area contributed by atoms with Gasteiger partial charge < -0.3 is 4.90 Å². The van der Waals surface area contributed by atoms with Crippen molar-refractivity contribution in [3.05, 3.63) is 69.2 Å². The zero-order valence-electron chi connectivity index (χ0n) is 11.9. The van der Waals surface area contributed by atoms with Gasteiger partial charge in [0.2, 0.25) is 0 Å². The second-order valence-electron chi connectivity index (χ2n) is 5.02. The Morgan fingerprint density at radius 1 is 1.14 bits per heavy atom. The molecule has 0 atom stereocenters. The number of hydrogen-bond donors (Lipinski definition) is 0. The summed E-state index contributed by atoms with van der Waals surface area (Å²) in [6.45, 7) is 1.53. The highest BCUT2D eigenvalue weighted by Crippen LogP contribution is 2.18. The number of halogens is 2. The molecule has 0 heterocycles. The highest BCUT2D eigenvalue weighted by molar-refractivity contribution is 9.10. The van der Waals surface area contributed by atoms with Gasteiger partial charge in [-0.05, 0) is 30.8 Å². The molecule has 0 spiro atoms. The molecule has 0 saturated carbocycles. The maximum atomic E-state index is 12.2. The Kier molecular flexibility index (Phi) is 5.97. The van der Waals surface area contributed by atoms with E-state index in [0.29, 0.717) is 6.42 Å². The third-order valence-electron chi connectivity index (χ3n) is 3.26. The first kappa shape index (κ1) is 16.2. The van der Waals surface area contributed by atoms with Crippen LogP contribution in [-0.2, 0) is 6.54 Å². The maximum absolute atomic E-state index is 12.2. The molecule has 0 amide bonds. The Bertz CT molecular complexity index is 612. The van der Waals surface area contributed by atoms with E-state index in [9.17, 15) is 4.79 Å². The second-order valence-corrected chi connectivity index (χ2v) is 6.31. The van der Waals surface area contributed by atoms with Gasteiger partial charge in [-0.25, -0.2) is 0 Å². The molecule has 0 aliphatic carbocycles. The van der Waals surface area contributed by atoms with Crippen molar-refractivity contribution in [2.45, 2.75) is 13.0 Å². The minimum Gasteiger partial charge on any atom is -0.302 e. The highest BCUT2D eigenvalue weighted by atomic mass is 79.9. The second kappa shape index (κ2) is 7.74. The lowest BCUT2D eigenvalue weighted by molar-refractivity contribution is 0.0967. The fraction of sp³-hybridized carbons (Fsp3) is 0.235. The van der Waals surface area contributed by atoms with E-state index < -0.39 is 0 Å². The summed E-state index contributed by atoms with van der Waals surface area (Å²) >= 11 is 9.29. The molecular formula is C17H17BrClNO. The summed E-state index contributed by atoms with van der Waals surface area (Å²) in [5.74, 6) is 0.158. The molecule has 2 rings (SSSR count). The van der Waals surface area contributed by atoms with Crippen LogP contribution in [0.5, 0.6) is 0 Å². The van der Waals surface area contributed by atoms with Gasteiger partial charge >= 0.3 is 0 Å². The monoisotopic (exact) mass is 365 g/mol. The van der Waals surface area contributed by atoms with Crippen LogP contribution in [0.25, 0.3) is 0 Å². The van der Waals surface area contributed by atoms with Crippen LogP contribution in [0.2, 0.25) is 5.02 Å². The number of carbonyl (C=O) groups is 1. The third-order valence-corrected chi connectivity index (χ3v) is 4.20. The van der Waals surface area contributed by atoms with Crippen molar-refractivity contribution in [3.8, 4) is 0 Å². The van der Waals surface area contributed by atoms with Crippen LogP contribution in [-0.4, -0.2) is 24.3 Å². The Morgan fingerprint density at radius 3 is 2.48 bits per heavy atom. The average Bonchev–Trinajstić information content (AvgIpc) is 2.48. The lowest BCUT2D eigenvalue weighted by atomic mass is 10.1. The first-order valence-electron chi connectivity index (χ1n) is 6.77. The minimum absolute atomic E-state index is 0.158. The summed E-state index contributed by atoms with van der Waals surface area (Å²) in [5, 5.41) is 0.741. The predicted molar refractivity (Wildman–Crippen MR) is 90.9 cm³/mol. The molecule has 21 heavy (non-hydrogen) atoms. The molecule has 0 radical (unpaired) electrons. The van der Waals surface area contributed by atoms with E-state index in [0.717, 1.165) is 28.1 Å². The number of carbonyl (C=O) groups excluding carboxylic acids is 1. The highest BCUT2D eigenvalue weighted by Gasteiger charge is 2.10. The van der Waals surface area contributed by atoms with Crippen molar-refractivity contribution in [2.24, 2.45) is 0 Å². The van der Waals surface area contributed by atoms with E-state index >= 15 is 0 Å². The molecule has 0 unspecified atom stereocenters. The van der Waals surface area contributed by atoms with Gasteiger partial charge in [0.25, 0.3) is 0 Å². The maximum Gasteiger partial charge on any atom is 0.165 e. The first-order chi connectivity index (χ1) is 10.1. The lowest BCUT2D eigenvalue weighted by Gasteiger charge is -2.16. The van der Waals surface area contributed by atoms with Gasteiger partial charge in [-0.2, -0.15) is 0 Å². The van der Waals surface area contributed by atoms with Crippen molar-refractivity contribution >= 4 is 33.3 Å². The van der Waals surface area contributed by atoms with E-state index in [1.165, 1.54) is 5.56 Å². The molecule has 0 saturated heterocycles. The molecular weight excluding hydrogens is 350 g/mol. The standard InChI is InChI=1S/C17H17BrClNO/c1-20(12-13-6-8-14(19)9-7-13)11-10-17(21)15-4-2-3-5-16(15)18/h2-9H,10-12H2,1H3. The molecule has 0 fully saturated rings. The first-order valence-corrected chi connectivity index (χ1v) is 7.94. The van der Waals surface area contributed by atoms with Gasteiger partial charge in [-0.3, -0.25) is 4.79 Å². The van der Waals surface area contributed by atoms with Crippen molar-refractivity contribution in [2.75, 3.05) is 13.6 Å². The Balaban J connectivity index is 1.86. The molecule has 0 aromatic heterocycles. The average molecular weight is 367 g/mol. The molecule has 0 N–H and O–H groups in total. The predicted octanol–water partition coefficient (Wildman–Crippen LogP) is 4.81. The Hall–Kier alpha value is -1.16. The smallest absolute Gasteiger partial charge is 0.165 e. The van der Waals surface area contributed by atoms with E-state index in [1.807, 2.05) is 55.6 Å². The number of ketones is 1. The molecule has 4 heteroatoms. The van der Waals surface area contributed by atoms with Crippen molar-refractivity contribution in [1.29, 1.82) is 0 Å². The van der Waals surface area contributed by atoms with E-state index in [2.05, 4.69) is 20.8 Å². The number of Topliss-reactive ketones (excluding diaryl/α,β-unsaturated/α-hetero) is 1. The van der Waals surface area contributed by atoms with Crippen molar-refractivity contribution < 1.29 is 4.79 Å². The zero-order chi connectivity index (χ0) is 15.2. The summed E-state index contributed by atoms with van der Waals surface area (Å²) < 4.78 is 0.857. The van der Waals surface area contributed by atoms with Crippen LogP contribution < -0.4 is 0 Å². The minimum atomic E-state index is 0.158. The lowest BCUT2D eigenvalue weighted by Crippen LogP contribution is -2.21. The van der Waals surface area contributed by atoms with Crippen LogP contribution in [0.15, 0.2) is 53.0 Å². The Morgan fingerprint density at radius 2 is 1.81 bits per heavy atom. The van der Waals surface area contributed by atoms with Crippen LogP contribution in [0.1, 0.15) is 22.3 Å². The van der Waals surface area contributed by atoms with Gasteiger partial charge in [-0.15, -0.1) is 0 Å². The van der Waals surface area contributed by atoms with E-state index in [1.54, 1.807) is 0 Å². The molecule has 110 valence electrons. The number of benzene rings is 2. The number of rotatable bonds is 6. The summed E-state index contributed by atoms with van der Waals surface area (Å²) in [4.78, 5) is 14.3. The largest absolute Gasteiger partial charge is 0.302 e. The van der Waals surface area contributed by atoms with Gasteiger partial charge in [0.05, 0.1) is 0 Å². The molecule has 2 aromatic carbocycles. The SMILES string of the molecule is CN(CCC(=O)c1ccccc1Br)Cc1ccc(Cl)cc1. The van der Waals surface area contributed by atoms with Gasteiger partial charge in [-0.1, -0.05) is 57.9 Å². The Labute approximate surface area is 138 Å². The van der Waals surface area contributed by atoms with Crippen LogP contribution in [0, 0.1) is 0 Å². The molecule has 2 nitrogen and oxygen atoms in total. The molecule has 2 aromatic rings. The normalized spacial score (nSPS) is 10.9. The quantitative estimate of drug-likeness (QED) is 0.684. The third kappa shape index (κ3) is 4.95. The van der Waals surface area contributed by atoms with E-state index in [-0.39, 0.29) is 5.78 Å². The summed E-state index contributed by atoms with van der Waals surface area (Å²) in [5.41, 5.74) is 1.94. The topological polar surface area (TPSA) is 20.3 Å². The zero-order valence-corrected chi connectivity index (χ0v) is 14.2. The number of hydrogen-bond acceptors (Lipinski definition) is 2. The summed E-state index contributed by atoms with van der Waals surface area (Å²) in [6, 6.07) is 15.3. The van der Waals surface area contributed by atoms with Gasteiger partial charge in [0, 0.05) is 34.6 Å². The molecule has 0 aliphatic rings. The summed E-state index contributed by atoms with van der Waals surface area (Å²) in [6.07, 6.45) is 0.507. The summed E-state index contributed by atoms with van der Waals surface area (Å²) in [7, 11) is 2.02. The molecule has 0 aliphatic heterocycles. The van der Waals surface area contributed by atoms with Crippen LogP contribution in [0.4, 0.5) is 0 Å². The fourth-order valence-electron chi connectivity index (χ4n) is 2.09. The van der Waals surface area contributed by atoms with E-state index in [4.69, 9.17) is 11.6 Å². The fourth-order valence-corrected chi connectivity index (χ4v) is 2.73. The van der Waals surface area contributed by atoms with Crippen molar-refractivity contribution in [1.82, 2.24) is 4.90 Å².